The summed E-state index contributed by atoms with van der Waals surface area (Å²) in [7, 11) is -3.71. The van der Waals surface area contributed by atoms with Crippen molar-refractivity contribution in [2.45, 2.75) is 56.1 Å². The van der Waals surface area contributed by atoms with Crippen LogP contribution >= 0.6 is 0 Å². The van der Waals surface area contributed by atoms with Crippen molar-refractivity contribution >= 4 is 21.5 Å². The van der Waals surface area contributed by atoms with Crippen LogP contribution in [0.4, 0.5) is 5.82 Å². The van der Waals surface area contributed by atoms with Gasteiger partial charge < -0.3 is 10.8 Å². The molecule has 10 heteroatoms. The highest BCUT2D eigenvalue weighted by molar-refractivity contribution is 7.89. The highest BCUT2D eigenvalue weighted by atomic mass is 32.2. The van der Waals surface area contributed by atoms with E-state index in [4.69, 9.17) is 5.73 Å². The SMILES string of the molecule is Cc1ccc(S(=O)(=O)NC2CCC(C)(O)CC2)cc1-c1cnc2c(N)ncnn12. The molecule has 0 atom stereocenters. The number of nitrogens with one attached hydrogen (secondary N) is 1. The Morgan fingerprint density at radius 2 is 2.00 bits per heavy atom. The minimum absolute atomic E-state index is 0.174. The summed E-state index contributed by atoms with van der Waals surface area (Å²) in [5.74, 6) is 0.252. The molecule has 29 heavy (non-hydrogen) atoms. The van der Waals surface area contributed by atoms with Gasteiger partial charge in [0.2, 0.25) is 10.0 Å². The number of hydrogen-bond acceptors (Lipinski definition) is 7. The molecule has 9 nitrogen and oxygen atoms in total. The molecular weight excluding hydrogens is 392 g/mol. The number of benzene rings is 1. The summed E-state index contributed by atoms with van der Waals surface area (Å²) in [5, 5.41) is 14.3. The zero-order valence-corrected chi connectivity index (χ0v) is 17.1. The van der Waals surface area contributed by atoms with Gasteiger partial charge in [-0.1, -0.05) is 6.07 Å². The summed E-state index contributed by atoms with van der Waals surface area (Å²) >= 11 is 0. The topological polar surface area (TPSA) is 136 Å². The first-order valence-electron chi connectivity index (χ1n) is 9.46. The zero-order valence-electron chi connectivity index (χ0n) is 16.3. The summed E-state index contributed by atoms with van der Waals surface area (Å²) in [4.78, 5) is 8.36. The predicted octanol–water partition coefficient (Wildman–Crippen LogP) is 1.65. The second kappa shape index (κ2) is 7.05. The van der Waals surface area contributed by atoms with E-state index in [1.807, 2.05) is 6.92 Å². The van der Waals surface area contributed by atoms with Crippen LogP contribution in [0.25, 0.3) is 16.9 Å². The minimum Gasteiger partial charge on any atom is -0.390 e. The van der Waals surface area contributed by atoms with Crippen LogP contribution in [0.2, 0.25) is 0 Å². The number of hydrogen-bond donors (Lipinski definition) is 3. The third-order valence-corrected chi connectivity index (χ3v) is 7.03. The Kier molecular flexibility index (Phi) is 4.80. The van der Waals surface area contributed by atoms with Gasteiger partial charge in [0, 0.05) is 11.6 Å². The number of fused-ring (bicyclic) bond motifs is 1. The Labute approximate surface area is 169 Å². The molecule has 1 saturated carbocycles. The maximum atomic E-state index is 13.0. The molecule has 4 rings (SSSR count). The van der Waals surface area contributed by atoms with Crippen LogP contribution in [0, 0.1) is 6.92 Å². The highest BCUT2D eigenvalue weighted by Gasteiger charge is 2.31. The largest absolute Gasteiger partial charge is 0.390 e. The molecule has 2 heterocycles. The zero-order chi connectivity index (χ0) is 20.8. The van der Waals surface area contributed by atoms with Crippen LogP contribution in [0.3, 0.4) is 0 Å². The first-order chi connectivity index (χ1) is 13.7. The summed E-state index contributed by atoms with van der Waals surface area (Å²) in [6.45, 7) is 3.68. The van der Waals surface area contributed by atoms with Crippen LogP contribution < -0.4 is 10.5 Å². The second-order valence-electron chi connectivity index (χ2n) is 7.89. The first-order valence-corrected chi connectivity index (χ1v) is 10.9. The number of rotatable bonds is 4. The Hall–Kier alpha value is -2.56. The van der Waals surface area contributed by atoms with Gasteiger partial charge >= 0.3 is 0 Å². The number of aliphatic hydroxyl groups is 1. The summed E-state index contributed by atoms with van der Waals surface area (Å²) in [5.41, 5.74) is 7.77. The van der Waals surface area contributed by atoms with Gasteiger partial charge in [-0.3, -0.25) is 0 Å². The summed E-state index contributed by atoms with van der Waals surface area (Å²) in [6.07, 6.45) is 5.30. The molecule has 2 aromatic heterocycles. The van der Waals surface area contributed by atoms with E-state index in [2.05, 4.69) is 19.8 Å². The lowest BCUT2D eigenvalue weighted by atomic mass is 9.84. The molecule has 3 aromatic rings. The number of nitrogens with two attached hydrogens (primary N) is 1. The van der Waals surface area contributed by atoms with Gasteiger partial charge in [-0.15, -0.1) is 0 Å². The van der Waals surface area contributed by atoms with Crippen molar-refractivity contribution in [3.8, 4) is 11.3 Å². The van der Waals surface area contributed by atoms with Crippen LogP contribution in [-0.4, -0.2) is 44.7 Å². The van der Waals surface area contributed by atoms with Crippen molar-refractivity contribution < 1.29 is 13.5 Å². The molecule has 4 N–H and O–H groups in total. The predicted molar refractivity (Wildman–Crippen MR) is 109 cm³/mol. The average Bonchev–Trinajstić information content (AvgIpc) is 3.09. The number of aromatic nitrogens is 4. The molecule has 0 amide bonds. The number of sulfonamides is 1. The quantitative estimate of drug-likeness (QED) is 0.588. The van der Waals surface area contributed by atoms with Gasteiger partial charge in [0.1, 0.15) is 6.33 Å². The van der Waals surface area contributed by atoms with Crippen LogP contribution in [0.15, 0.2) is 35.6 Å². The van der Waals surface area contributed by atoms with Crippen molar-refractivity contribution in [3.05, 3.63) is 36.3 Å². The maximum absolute atomic E-state index is 13.0. The number of nitrogen functional groups attached to an aromatic ring is 1. The molecule has 0 spiro atoms. The number of nitrogens with zero attached hydrogens (tertiary/aromatic N) is 4. The molecule has 1 fully saturated rings. The fourth-order valence-corrected chi connectivity index (χ4v) is 5.04. The normalized spacial score (nSPS) is 22.8. The molecule has 0 unspecified atom stereocenters. The Morgan fingerprint density at radius 3 is 2.72 bits per heavy atom. The number of aryl methyl sites for hydroxylation is 1. The minimum atomic E-state index is -3.71. The lowest BCUT2D eigenvalue weighted by Crippen LogP contribution is -2.42. The van der Waals surface area contributed by atoms with Crippen LogP contribution in [-0.2, 0) is 10.0 Å². The van der Waals surface area contributed by atoms with E-state index in [-0.39, 0.29) is 16.8 Å². The Bertz CT molecular complexity index is 1160. The van der Waals surface area contributed by atoms with Gasteiger partial charge in [-0.05, 0) is 57.2 Å². The Morgan fingerprint density at radius 1 is 1.28 bits per heavy atom. The molecule has 1 aliphatic carbocycles. The summed E-state index contributed by atoms with van der Waals surface area (Å²) < 4.78 is 30.3. The fourth-order valence-electron chi connectivity index (χ4n) is 3.71. The highest BCUT2D eigenvalue weighted by Crippen LogP contribution is 2.30. The maximum Gasteiger partial charge on any atom is 0.240 e. The smallest absolute Gasteiger partial charge is 0.240 e. The van der Waals surface area contributed by atoms with Crippen molar-refractivity contribution in [1.82, 2.24) is 24.3 Å². The van der Waals surface area contributed by atoms with Crippen LogP contribution in [0.5, 0.6) is 0 Å². The third kappa shape index (κ3) is 3.83. The monoisotopic (exact) mass is 416 g/mol. The number of anilines is 1. The van der Waals surface area contributed by atoms with E-state index < -0.39 is 15.6 Å². The second-order valence-corrected chi connectivity index (χ2v) is 9.61. The molecule has 0 radical (unpaired) electrons. The van der Waals surface area contributed by atoms with E-state index in [0.29, 0.717) is 42.6 Å². The van der Waals surface area contributed by atoms with E-state index in [1.165, 1.54) is 6.33 Å². The molecule has 1 aromatic carbocycles. The molecule has 0 aliphatic heterocycles. The van der Waals surface area contributed by atoms with Crippen molar-refractivity contribution in [2.75, 3.05) is 5.73 Å². The van der Waals surface area contributed by atoms with Crippen molar-refractivity contribution in [1.29, 1.82) is 0 Å². The van der Waals surface area contributed by atoms with Gasteiger partial charge in [0.15, 0.2) is 11.5 Å². The fraction of sp³-hybridized carbons (Fsp3) is 0.421. The summed E-state index contributed by atoms with van der Waals surface area (Å²) in [6, 6.07) is 4.79. The van der Waals surface area contributed by atoms with E-state index in [9.17, 15) is 13.5 Å². The first kappa shape index (κ1) is 19.7. The average molecular weight is 417 g/mol. The lowest BCUT2D eigenvalue weighted by Gasteiger charge is -2.33. The number of imidazole rings is 1. The molecule has 1 aliphatic rings. The van der Waals surface area contributed by atoms with Crippen molar-refractivity contribution in [3.63, 3.8) is 0 Å². The molecule has 0 saturated heterocycles. The van der Waals surface area contributed by atoms with Gasteiger partial charge in [-0.2, -0.15) is 5.10 Å². The standard InChI is InChI=1S/C19H24N6O3S/c1-12-3-4-14(29(27,28)24-13-5-7-19(2,26)8-6-13)9-15(12)16-10-21-18-17(20)22-11-23-25(16)18/h3-4,9-11,13,24,26H,5-8H2,1-2H3,(H2,20,22,23). The third-order valence-electron chi connectivity index (χ3n) is 5.51. The van der Waals surface area contributed by atoms with Crippen LogP contribution in [0.1, 0.15) is 38.2 Å². The van der Waals surface area contributed by atoms with E-state index in [0.717, 1.165) is 5.56 Å². The molecular formula is C19H24N6O3S. The van der Waals surface area contributed by atoms with Crippen molar-refractivity contribution in [2.24, 2.45) is 0 Å². The van der Waals surface area contributed by atoms with E-state index >= 15 is 0 Å². The van der Waals surface area contributed by atoms with Gasteiger partial charge in [0.05, 0.1) is 22.4 Å². The van der Waals surface area contributed by atoms with Gasteiger partial charge in [0.25, 0.3) is 0 Å². The molecule has 154 valence electrons. The van der Waals surface area contributed by atoms with Gasteiger partial charge in [-0.25, -0.2) is 27.6 Å². The lowest BCUT2D eigenvalue weighted by molar-refractivity contribution is 0.0163. The molecule has 0 bridgehead atoms. The Balaban J connectivity index is 1.67. The van der Waals surface area contributed by atoms with E-state index in [1.54, 1.807) is 35.8 Å².